The zero-order valence-corrected chi connectivity index (χ0v) is 15.5. The SMILES string of the molecule is CN(C)C(CNC(=O)c1cccnc1S(=O)(=O)C(F)(F)F)c1ccsc1. The number of thiophene rings is 1. The zero-order valence-electron chi connectivity index (χ0n) is 13.8. The number of likely N-dealkylation sites (N-methyl/N-ethyl adjacent to an activating group) is 1. The Bertz CT molecular complexity index is 866. The molecule has 0 saturated heterocycles. The van der Waals surface area contributed by atoms with Crippen LogP contribution in [0.15, 0.2) is 40.2 Å². The molecule has 0 aliphatic carbocycles. The van der Waals surface area contributed by atoms with E-state index in [4.69, 9.17) is 0 Å². The Hall–Kier alpha value is -1.98. The second kappa shape index (κ2) is 7.72. The van der Waals surface area contributed by atoms with E-state index in [1.54, 1.807) is 14.1 Å². The smallest absolute Gasteiger partial charge is 0.350 e. The van der Waals surface area contributed by atoms with E-state index < -0.39 is 31.8 Å². The molecule has 2 aromatic heterocycles. The van der Waals surface area contributed by atoms with Crippen molar-refractivity contribution in [1.82, 2.24) is 15.2 Å². The molecular formula is C15H16F3N3O3S2. The molecule has 11 heteroatoms. The molecule has 6 nitrogen and oxygen atoms in total. The molecule has 142 valence electrons. The van der Waals surface area contributed by atoms with Gasteiger partial charge in [0, 0.05) is 12.7 Å². The lowest BCUT2D eigenvalue weighted by Gasteiger charge is -2.24. The zero-order chi connectivity index (χ0) is 19.5. The Balaban J connectivity index is 2.26. The number of hydrogen-bond acceptors (Lipinski definition) is 6. The maximum atomic E-state index is 12.8. The number of sulfone groups is 1. The molecule has 1 amide bonds. The van der Waals surface area contributed by atoms with E-state index in [1.165, 1.54) is 17.4 Å². The molecule has 2 rings (SSSR count). The summed E-state index contributed by atoms with van der Waals surface area (Å²) in [6.45, 7) is 0.0863. The molecule has 2 heterocycles. The van der Waals surface area contributed by atoms with Crippen molar-refractivity contribution in [3.63, 3.8) is 0 Å². The van der Waals surface area contributed by atoms with Gasteiger partial charge in [0.25, 0.3) is 15.7 Å². The summed E-state index contributed by atoms with van der Waals surface area (Å²) in [5.41, 5.74) is -5.26. The second-order valence-electron chi connectivity index (χ2n) is 5.55. The predicted molar refractivity (Wildman–Crippen MR) is 90.6 cm³/mol. The van der Waals surface area contributed by atoms with Crippen LogP contribution in [0.3, 0.4) is 0 Å². The lowest BCUT2D eigenvalue weighted by Crippen LogP contribution is -2.35. The van der Waals surface area contributed by atoms with E-state index in [0.29, 0.717) is 0 Å². The van der Waals surface area contributed by atoms with E-state index in [-0.39, 0.29) is 12.6 Å². The van der Waals surface area contributed by atoms with Crippen molar-refractivity contribution in [2.45, 2.75) is 16.6 Å². The molecule has 0 aromatic carbocycles. The standard InChI is InChI=1S/C15H16F3N3O3S2/c1-21(2)12(10-5-7-25-9-10)8-20-13(22)11-4-3-6-19-14(11)26(23,24)15(16,17)18/h3-7,9,12H,8H2,1-2H3,(H,20,22). The Morgan fingerprint density at radius 1 is 1.35 bits per heavy atom. The van der Waals surface area contributed by atoms with E-state index in [9.17, 15) is 26.4 Å². The Morgan fingerprint density at radius 3 is 2.58 bits per heavy atom. The topological polar surface area (TPSA) is 79.4 Å². The summed E-state index contributed by atoms with van der Waals surface area (Å²) in [4.78, 5) is 17.4. The van der Waals surface area contributed by atoms with Gasteiger partial charge in [0.05, 0.1) is 11.6 Å². The molecule has 1 N–H and O–H groups in total. The highest BCUT2D eigenvalue weighted by molar-refractivity contribution is 7.92. The summed E-state index contributed by atoms with van der Waals surface area (Å²) >= 11 is 1.47. The van der Waals surface area contributed by atoms with Crippen molar-refractivity contribution < 1.29 is 26.4 Å². The third-order valence-corrected chi connectivity index (χ3v) is 5.73. The third-order valence-electron chi connectivity index (χ3n) is 3.58. The van der Waals surface area contributed by atoms with Crippen LogP contribution >= 0.6 is 11.3 Å². The molecule has 0 spiro atoms. The van der Waals surface area contributed by atoms with Gasteiger partial charge < -0.3 is 10.2 Å². The van der Waals surface area contributed by atoms with Gasteiger partial charge in [-0.05, 0) is 48.6 Å². The largest absolute Gasteiger partial charge is 0.503 e. The fraction of sp³-hybridized carbons (Fsp3) is 0.333. The first-order valence-electron chi connectivity index (χ1n) is 7.28. The van der Waals surface area contributed by atoms with E-state index in [0.717, 1.165) is 17.8 Å². The van der Waals surface area contributed by atoms with E-state index in [1.807, 2.05) is 21.7 Å². The number of alkyl halides is 3. The molecule has 1 atom stereocenters. The lowest BCUT2D eigenvalue weighted by molar-refractivity contribution is -0.0438. The number of carbonyl (C=O) groups is 1. The van der Waals surface area contributed by atoms with Gasteiger partial charge in [-0.15, -0.1) is 0 Å². The van der Waals surface area contributed by atoms with Crippen molar-refractivity contribution in [3.8, 4) is 0 Å². The van der Waals surface area contributed by atoms with Crippen molar-refractivity contribution >= 4 is 27.1 Å². The summed E-state index contributed by atoms with van der Waals surface area (Å²) in [7, 11) is -2.15. The van der Waals surface area contributed by atoms with Gasteiger partial charge in [-0.3, -0.25) is 4.79 Å². The molecule has 0 aliphatic rings. The molecule has 2 aromatic rings. The molecule has 0 saturated carbocycles. The highest BCUT2D eigenvalue weighted by atomic mass is 32.2. The van der Waals surface area contributed by atoms with Crippen molar-refractivity contribution in [3.05, 3.63) is 46.3 Å². The third kappa shape index (κ3) is 4.22. The summed E-state index contributed by atoms with van der Waals surface area (Å²) in [5.74, 6) is -0.942. The summed E-state index contributed by atoms with van der Waals surface area (Å²) < 4.78 is 61.7. The maximum Gasteiger partial charge on any atom is 0.503 e. The first-order valence-corrected chi connectivity index (χ1v) is 9.71. The van der Waals surface area contributed by atoms with Crippen LogP contribution in [0.2, 0.25) is 0 Å². The Morgan fingerprint density at radius 2 is 2.04 bits per heavy atom. The number of aromatic nitrogens is 1. The van der Waals surface area contributed by atoms with Crippen LogP contribution in [0, 0.1) is 0 Å². The van der Waals surface area contributed by atoms with Gasteiger partial charge >= 0.3 is 5.51 Å². The number of rotatable bonds is 6. The molecule has 26 heavy (non-hydrogen) atoms. The number of hydrogen-bond donors (Lipinski definition) is 1. The normalized spacial score (nSPS) is 13.6. The van der Waals surface area contributed by atoms with Crippen molar-refractivity contribution in [1.29, 1.82) is 0 Å². The highest BCUT2D eigenvalue weighted by Crippen LogP contribution is 2.30. The van der Waals surface area contributed by atoms with Gasteiger partial charge in [0.1, 0.15) is 0 Å². The number of nitrogens with one attached hydrogen (secondary N) is 1. The first kappa shape index (κ1) is 20.3. The van der Waals surface area contributed by atoms with Gasteiger partial charge in [-0.2, -0.15) is 24.5 Å². The average molecular weight is 407 g/mol. The van der Waals surface area contributed by atoms with Crippen LogP contribution in [0.5, 0.6) is 0 Å². The number of nitrogens with zero attached hydrogens (tertiary/aromatic N) is 2. The van der Waals surface area contributed by atoms with Gasteiger partial charge in [-0.25, -0.2) is 13.4 Å². The first-order chi connectivity index (χ1) is 12.1. The average Bonchev–Trinajstić information content (AvgIpc) is 3.07. The predicted octanol–water partition coefficient (Wildman–Crippen LogP) is 2.47. The molecule has 1 unspecified atom stereocenters. The van der Waals surface area contributed by atoms with Crippen molar-refractivity contribution in [2.24, 2.45) is 0 Å². The van der Waals surface area contributed by atoms with E-state index in [2.05, 4.69) is 10.3 Å². The van der Waals surface area contributed by atoms with Crippen LogP contribution in [0.25, 0.3) is 0 Å². The van der Waals surface area contributed by atoms with Crippen LogP contribution in [0.1, 0.15) is 22.0 Å². The fourth-order valence-corrected chi connectivity index (χ4v) is 3.81. The number of amides is 1. The molecule has 0 radical (unpaired) electrons. The minimum absolute atomic E-state index is 0.0863. The van der Waals surface area contributed by atoms with Gasteiger partial charge in [-0.1, -0.05) is 0 Å². The van der Waals surface area contributed by atoms with E-state index >= 15 is 0 Å². The number of carbonyl (C=O) groups excluding carboxylic acids is 1. The van der Waals surface area contributed by atoms with Crippen LogP contribution in [0.4, 0.5) is 13.2 Å². The Labute approximate surface area is 152 Å². The molecular weight excluding hydrogens is 391 g/mol. The monoisotopic (exact) mass is 407 g/mol. The Kier molecular flexibility index (Phi) is 6.04. The summed E-state index contributed by atoms with van der Waals surface area (Å²) in [6, 6.07) is 3.85. The van der Waals surface area contributed by atoms with Crippen molar-refractivity contribution in [2.75, 3.05) is 20.6 Å². The minimum atomic E-state index is -5.73. The van der Waals surface area contributed by atoms with Crippen LogP contribution in [-0.2, 0) is 9.84 Å². The quantitative estimate of drug-likeness (QED) is 0.796. The number of halogens is 3. The molecule has 0 aliphatic heterocycles. The summed E-state index contributed by atoms with van der Waals surface area (Å²) in [6.07, 6.45) is 0.892. The summed E-state index contributed by atoms with van der Waals surface area (Å²) in [5, 5.41) is 4.93. The molecule has 0 bridgehead atoms. The van der Waals surface area contributed by atoms with Gasteiger partial charge in [0.2, 0.25) is 0 Å². The van der Waals surface area contributed by atoms with Gasteiger partial charge in [0.15, 0.2) is 5.03 Å². The molecule has 0 fully saturated rings. The number of pyridine rings is 1. The highest BCUT2D eigenvalue weighted by Gasteiger charge is 2.49. The fourth-order valence-electron chi connectivity index (χ4n) is 2.24. The minimum Gasteiger partial charge on any atom is -0.350 e. The van der Waals surface area contributed by atoms with Crippen LogP contribution in [-0.4, -0.2) is 50.4 Å². The lowest BCUT2D eigenvalue weighted by atomic mass is 10.1. The second-order valence-corrected chi connectivity index (χ2v) is 8.19. The van der Waals surface area contributed by atoms with Crippen LogP contribution < -0.4 is 5.32 Å². The maximum absolute atomic E-state index is 12.8.